The Morgan fingerprint density at radius 3 is 2.63 bits per heavy atom. The third kappa shape index (κ3) is 4.37. The summed E-state index contributed by atoms with van der Waals surface area (Å²) < 4.78 is 1.85. The summed E-state index contributed by atoms with van der Waals surface area (Å²) in [6, 6.07) is 8.62. The fourth-order valence-corrected chi connectivity index (χ4v) is 1.86. The van der Waals surface area contributed by atoms with Crippen LogP contribution in [0, 0.1) is 0 Å². The van der Waals surface area contributed by atoms with E-state index in [1.54, 1.807) is 6.20 Å². The highest BCUT2D eigenvalue weighted by Gasteiger charge is 1.96. The van der Waals surface area contributed by atoms with E-state index in [4.69, 9.17) is 0 Å². The Labute approximate surface area is 114 Å². The normalized spacial score (nSPS) is 10.6. The van der Waals surface area contributed by atoms with E-state index in [-0.39, 0.29) is 0 Å². The lowest BCUT2D eigenvalue weighted by atomic mass is 10.2. The smallest absolute Gasteiger partial charge is 0.0692 e. The average Bonchev–Trinajstić information content (AvgIpc) is 2.92. The average molecular weight is 259 g/mol. The number of hydrogen-bond acceptors (Lipinski definition) is 4. The molecule has 0 aliphatic rings. The Morgan fingerprint density at radius 2 is 2.00 bits per heavy atom. The first kappa shape index (κ1) is 13.5. The van der Waals surface area contributed by atoms with E-state index < -0.39 is 0 Å². The fourth-order valence-electron chi connectivity index (χ4n) is 1.86. The number of aromatic nitrogens is 3. The van der Waals surface area contributed by atoms with Gasteiger partial charge in [0.2, 0.25) is 0 Å². The second-order valence-corrected chi connectivity index (χ2v) is 4.76. The molecule has 1 N–H and O–H groups in total. The van der Waals surface area contributed by atoms with Crippen molar-refractivity contribution in [3.63, 3.8) is 0 Å². The van der Waals surface area contributed by atoms with Crippen molar-refractivity contribution in [1.29, 1.82) is 0 Å². The zero-order chi connectivity index (χ0) is 13.5. The summed E-state index contributed by atoms with van der Waals surface area (Å²) in [4.78, 5) is 2.11. The van der Waals surface area contributed by atoms with Gasteiger partial charge < -0.3 is 10.2 Å². The zero-order valence-electron chi connectivity index (χ0n) is 11.6. The molecular weight excluding hydrogens is 238 g/mol. The van der Waals surface area contributed by atoms with E-state index in [2.05, 4.69) is 58.9 Å². The lowest BCUT2D eigenvalue weighted by Crippen LogP contribution is -2.17. The van der Waals surface area contributed by atoms with Gasteiger partial charge in [-0.15, -0.1) is 5.10 Å². The predicted octanol–water partition coefficient (Wildman–Crippen LogP) is 1.52. The van der Waals surface area contributed by atoms with Crippen LogP contribution in [-0.4, -0.2) is 35.6 Å². The maximum atomic E-state index is 3.93. The number of benzene rings is 1. The minimum atomic E-state index is 0.908. The number of aryl methyl sites for hydroxylation is 1. The summed E-state index contributed by atoms with van der Waals surface area (Å²) in [5.74, 6) is 0. The van der Waals surface area contributed by atoms with Crippen molar-refractivity contribution in [3.8, 4) is 0 Å². The topological polar surface area (TPSA) is 46.0 Å². The van der Waals surface area contributed by atoms with Gasteiger partial charge >= 0.3 is 0 Å². The van der Waals surface area contributed by atoms with Crippen molar-refractivity contribution in [3.05, 3.63) is 42.2 Å². The Bertz CT molecular complexity index is 461. The van der Waals surface area contributed by atoms with Crippen molar-refractivity contribution in [2.24, 2.45) is 0 Å². The Hall–Kier alpha value is -1.88. The first-order valence-electron chi connectivity index (χ1n) is 6.57. The Kier molecular flexibility index (Phi) is 4.92. The van der Waals surface area contributed by atoms with Crippen molar-refractivity contribution in [2.75, 3.05) is 25.5 Å². The molecule has 5 nitrogen and oxygen atoms in total. The molecule has 102 valence electrons. The predicted molar refractivity (Wildman–Crippen MR) is 77.1 cm³/mol. The van der Waals surface area contributed by atoms with Crippen LogP contribution >= 0.6 is 0 Å². The van der Waals surface area contributed by atoms with Crippen LogP contribution in [0.25, 0.3) is 0 Å². The molecule has 1 heterocycles. The van der Waals surface area contributed by atoms with Gasteiger partial charge in [-0.3, -0.25) is 4.68 Å². The SMILES string of the molecule is CN(C)c1ccc(CNCCCn2ccnn2)cc1. The second kappa shape index (κ2) is 6.89. The Morgan fingerprint density at radius 1 is 1.21 bits per heavy atom. The molecule has 0 fully saturated rings. The summed E-state index contributed by atoms with van der Waals surface area (Å²) in [6.07, 6.45) is 4.65. The van der Waals surface area contributed by atoms with Crippen molar-refractivity contribution >= 4 is 5.69 Å². The molecule has 0 spiro atoms. The summed E-state index contributed by atoms with van der Waals surface area (Å²) in [5, 5.41) is 11.1. The molecule has 0 aliphatic heterocycles. The van der Waals surface area contributed by atoms with Crippen molar-refractivity contribution < 1.29 is 0 Å². The van der Waals surface area contributed by atoms with Crippen LogP contribution in [0.1, 0.15) is 12.0 Å². The highest BCUT2D eigenvalue weighted by molar-refractivity contribution is 5.45. The minimum absolute atomic E-state index is 0.908. The van der Waals surface area contributed by atoms with Crippen molar-refractivity contribution in [1.82, 2.24) is 20.3 Å². The van der Waals surface area contributed by atoms with Crippen LogP contribution in [0.4, 0.5) is 5.69 Å². The molecule has 1 aromatic carbocycles. The summed E-state index contributed by atoms with van der Waals surface area (Å²) in [7, 11) is 4.11. The first-order chi connectivity index (χ1) is 9.25. The van der Waals surface area contributed by atoms with E-state index in [1.165, 1.54) is 11.3 Å². The van der Waals surface area contributed by atoms with Crippen LogP contribution in [0.3, 0.4) is 0 Å². The molecule has 1 aromatic heterocycles. The number of rotatable bonds is 7. The van der Waals surface area contributed by atoms with Crippen LogP contribution in [0.2, 0.25) is 0 Å². The summed E-state index contributed by atoms with van der Waals surface area (Å²) in [5.41, 5.74) is 2.54. The molecule has 0 saturated heterocycles. The highest BCUT2D eigenvalue weighted by Crippen LogP contribution is 2.11. The summed E-state index contributed by atoms with van der Waals surface area (Å²) in [6.45, 7) is 2.80. The molecule has 0 aliphatic carbocycles. The molecule has 0 atom stereocenters. The highest BCUT2D eigenvalue weighted by atomic mass is 15.4. The van der Waals surface area contributed by atoms with E-state index in [0.717, 1.165) is 26.1 Å². The third-order valence-electron chi connectivity index (χ3n) is 2.99. The van der Waals surface area contributed by atoms with E-state index in [0.29, 0.717) is 0 Å². The van der Waals surface area contributed by atoms with Gasteiger partial charge in [-0.05, 0) is 30.7 Å². The zero-order valence-corrected chi connectivity index (χ0v) is 11.6. The molecule has 0 radical (unpaired) electrons. The second-order valence-electron chi connectivity index (χ2n) is 4.76. The molecule has 2 rings (SSSR count). The number of anilines is 1. The third-order valence-corrected chi connectivity index (χ3v) is 2.99. The van der Waals surface area contributed by atoms with Gasteiger partial charge in [-0.25, -0.2) is 0 Å². The van der Waals surface area contributed by atoms with Gasteiger partial charge in [-0.2, -0.15) is 0 Å². The van der Waals surface area contributed by atoms with Crippen molar-refractivity contribution in [2.45, 2.75) is 19.5 Å². The summed E-state index contributed by atoms with van der Waals surface area (Å²) >= 11 is 0. The molecule has 2 aromatic rings. The molecule has 19 heavy (non-hydrogen) atoms. The van der Waals surface area contributed by atoms with Gasteiger partial charge in [0.25, 0.3) is 0 Å². The number of hydrogen-bond donors (Lipinski definition) is 1. The first-order valence-corrected chi connectivity index (χ1v) is 6.57. The standard InChI is InChI=1S/C14H21N5/c1-18(2)14-6-4-13(5-7-14)12-15-8-3-10-19-11-9-16-17-19/h4-7,9,11,15H,3,8,10,12H2,1-2H3. The largest absolute Gasteiger partial charge is 0.378 e. The van der Waals surface area contributed by atoms with Gasteiger partial charge in [0.05, 0.1) is 6.20 Å². The van der Waals surface area contributed by atoms with Gasteiger partial charge in [0, 0.05) is 39.1 Å². The van der Waals surface area contributed by atoms with Crippen LogP contribution in [0.15, 0.2) is 36.7 Å². The van der Waals surface area contributed by atoms with Gasteiger partial charge in [-0.1, -0.05) is 17.3 Å². The molecule has 5 heteroatoms. The molecule has 0 unspecified atom stereocenters. The minimum Gasteiger partial charge on any atom is -0.378 e. The van der Waals surface area contributed by atoms with E-state index in [1.807, 2.05) is 10.9 Å². The maximum absolute atomic E-state index is 3.93. The fraction of sp³-hybridized carbons (Fsp3) is 0.429. The Balaban J connectivity index is 1.65. The molecule has 0 bridgehead atoms. The van der Waals surface area contributed by atoms with Crippen LogP contribution in [-0.2, 0) is 13.1 Å². The molecule has 0 saturated carbocycles. The van der Waals surface area contributed by atoms with E-state index in [9.17, 15) is 0 Å². The molecular formula is C14H21N5. The van der Waals surface area contributed by atoms with E-state index >= 15 is 0 Å². The maximum Gasteiger partial charge on any atom is 0.0692 e. The van der Waals surface area contributed by atoms with Gasteiger partial charge in [0.1, 0.15) is 0 Å². The lowest BCUT2D eigenvalue weighted by Gasteiger charge is -2.12. The monoisotopic (exact) mass is 259 g/mol. The quantitative estimate of drug-likeness (QED) is 0.766. The van der Waals surface area contributed by atoms with Crippen LogP contribution in [0.5, 0.6) is 0 Å². The van der Waals surface area contributed by atoms with Gasteiger partial charge in [0.15, 0.2) is 0 Å². The lowest BCUT2D eigenvalue weighted by molar-refractivity contribution is 0.530. The molecule has 0 amide bonds. The number of nitrogens with zero attached hydrogens (tertiary/aromatic N) is 4. The van der Waals surface area contributed by atoms with Crippen LogP contribution < -0.4 is 10.2 Å². The number of nitrogens with one attached hydrogen (secondary N) is 1.